The van der Waals surface area contributed by atoms with E-state index in [0.717, 1.165) is 50.7 Å². The van der Waals surface area contributed by atoms with E-state index in [1.54, 1.807) is 23.9 Å². The molecule has 1 N–H and O–H groups in total. The molecule has 0 saturated heterocycles. The van der Waals surface area contributed by atoms with Crippen molar-refractivity contribution in [1.29, 1.82) is 0 Å². The van der Waals surface area contributed by atoms with Gasteiger partial charge in [-0.2, -0.15) is 0 Å². The van der Waals surface area contributed by atoms with E-state index in [2.05, 4.69) is 69.4 Å². The zero-order chi connectivity index (χ0) is 26.5. The number of ketones is 1. The molecule has 0 amide bonds. The van der Waals surface area contributed by atoms with Crippen molar-refractivity contribution in [2.24, 2.45) is 0 Å². The first-order valence-electron chi connectivity index (χ1n) is 13.2. The Morgan fingerprint density at radius 2 is 1.47 bits per heavy atom. The van der Waals surface area contributed by atoms with Crippen molar-refractivity contribution in [3.05, 3.63) is 78.4 Å². The van der Waals surface area contributed by atoms with Gasteiger partial charge in [0.25, 0.3) is 0 Å². The van der Waals surface area contributed by atoms with Crippen molar-refractivity contribution in [1.82, 2.24) is 0 Å². The second kappa shape index (κ2) is 19.6. The molecule has 0 atom stereocenters. The number of ether oxygens (including phenoxy) is 1. The number of benzene rings is 1. The summed E-state index contributed by atoms with van der Waals surface area (Å²) >= 11 is 1.75. The monoisotopic (exact) mass is 512 g/mol. The number of rotatable bonds is 19. The Morgan fingerprint density at radius 1 is 0.889 bits per heavy atom. The van der Waals surface area contributed by atoms with E-state index >= 15 is 0 Å². The molecular weight excluding hydrogens is 468 g/mol. The Labute approximate surface area is 222 Å². The summed E-state index contributed by atoms with van der Waals surface area (Å²) in [5.41, 5.74) is 0.145. The lowest BCUT2D eigenvalue weighted by atomic mass is 9.94. The standard InChI is InChI=1S/C31H44O4S/c1-4-7-8-9-10-11-12-13-14-15-16-17-20-26-36-31(5-2,6-3)29(33)24-21-25-35-30(34)27-22-18-19-23-28(27)32/h7-8,10-11,13-14,16-19,22-23,32H,4-6,9,12,15,20-21,24-26H2,1-3H3/b8-7-,11-10-,14-13-,17-16-. The summed E-state index contributed by atoms with van der Waals surface area (Å²) in [6.07, 6.45) is 24.9. The summed E-state index contributed by atoms with van der Waals surface area (Å²) in [6.45, 7) is 6.45. The molecule has 0 heterocycles. The predicted octanol–water partition coefficient (Wildman–Crippen LogP) is 8.39. The molecule has 0 radical (unpaired) electrons. The summed E-state index contributed by atoms with van der Waals surface area (Å²) < 4.78 is 4.87. The molecule has 4 nitrogen and oxygen atoms in total. The van der Waals surface area contributed by atoms with Crippen LogP contribution in [0.1, 0.15) is 88.9 Å². The summed E-state index contributed by atoms with van der Waals surface area (Å²) in [6, 6.07) is 6.30. The van der Waals surface area contributed by atoms with E-state index in [0.29, 0.717) is 12.8 Å². The van der Waals surface area contributed by atoms with Crippen molar-refractivity contribution in [3.63, 3.8) is 0 Å². The van der Waals surface area contributed by atoms with Crippen LogP contribution in [-0.2, 0) is 9.53 Å². The fraction of sp³-hybridized carbons (Fsp3) is 0.484. The number of Topliss-reactive ketones (excluding diaryl/α,β-unsaturated/α-hetero) is 1. The van der Waals surface area contributed by atoms with Gasteiger partial charge in [-0.05, 0) is 69.3 Å². The van der Waals surface area contributed by atoms with Crippen LogP contribution in [0.4, 0.5) is 0 Å². The number of allylic oxidation sites excluding steroid dienone is 8. The van der Waals surface area contributed by atoms with Crippen LogP contribution in [0.15, 0.2) is 72.9 Å². The predicted molar refractivity (Wildman–Crippen MR) is 154 cm³/mol. The zero-order valence-corrected chi connectivity index (χ0v) is 23.1. The van der Waals surface area contributed by atoms with E-state index in [1.165, 1.54) is 12.1 Å². The second-order valence-corrected chi connectivity index (χ2v) is 10.00. The summed E-state index contributed by atoms with van der Waals surface area (Å²) in [4.78, 5) is 25.1. The second-order valence-electron chi connectivity index (χ2n) is 8.52. The highest BCUT2D eigenvalue weighted by atomic mass is 32.2. The van der Waals surface area contributed by atoms with Crippen LogP contribution < -0.4 is 0 Å². The first kappa shape index (κ1) is 31.5. The maximum atomic E-state index is 13.0. The van der Waals surface area contributed by atoms with Crippen LogP contribution in [0.5, 0.6) is 5.75 Å². The van der Waals surface area contributed by atoms with Crippen molar-refractivity contribution in [2.45, 2.75) is 83.3 Å². The van der Waals surface area contributed by atoms with Crippen LogP contribution >= 0.6 is 11.8 Å². The van der Waals surface area contributed by atoms with Gasteiger partial charge in [0.15, 0.2) is 0 Å². The number of esters is 1. The SMILES string of the molecule is CC/C=C\C/C=C\C/C=C\C/C=C\CCSC(CC)(CC)C(=O)CCCOC(=O)c1ccccc1O. The minimum atomic E-state index is -0.565. The molecule has 0 aliphatic heterocycles. The van der Waals surface area contributed by atoms with E-state index in [9.17, 15) is 14.7 Å². The maximum absolute atomic E-state index is 13.0. The summed E-state index contributed by atoms with van der Waals surface area (Å²) in [7, 11) is 0. The third-order valence-corrected chi connectivity index (χ3v) is 7.73. The highest BCUT2D eigenvalue weighted by Crippen LogP contribution is 2.35. The molecule has 198 valence electrons. The van der Waals surface area contributed by atoms with Gasteiger partial charge in [-0.15, -0.1) is 11.8 Å². The van der Waals surface area contributed by atoms with Gasteiger partial charge in [0.1, 0.15) is 17.1 Å². The molecular formula is C31H44O4S. The molecule has 1 aromatic carbocycles. The average molecular weight is 513 g/mol. The van der Waals surface area contributed by atoms with Crippen molar-refractivity contribution < 1.29 is 19.4 Å². The summed E-state index contributed by atoms with van der Waals surface area (Å²) in [5, 5.41) is 9.75. The number of thioether (sulfide) groups is 1. The quantitative estimate of drug-likeness (QED) is 0.115. The zero-order valence-electron chi connectivity index (χ0n) is 22.3. The summed E-state index contributed by atoms with van der Waals surface area (Å²) in [5.74, 6) is 0.467. The normalized spacial score (nSPS) is 12.4. The Bertz CT molecular complexity index is 878. The van der Waals surface area contributed by atoms with Crippen LogP contribution in [0, 0.1) is 0 Å². The van der Waals surface area contributed by atoms with Gasteiger partial charge < -0.3 is 9.84 Å². The third kappa shape index (κ3) is 12.4. The Morgan fingerprint density at radius 3 is 2.06 bits per heavy atom. The Balaban J connectivity index is 2.31. The van der Waals surface area contributed by atoms with Crippen molar-refractivity contribution in [3.8, 4) is 5.75 Å². The van der Waals surface area contributed by atoms with Crippen LogP contribution in [0.2, 0.25) is 0 Å². The van der Waals surface area contributed by atoms with Gasteiger partial charge in [0.05, 0.1) is 11.4 Å². The largest absolute Gasteiger partial charge is 0.507 e. The molecule has 0 aromatic heterocycles. The first-order chi connectivity index (χ1) is 17.5. The lowest BCUT2D eigenvalue weighted by Crippen LogP contribution is -2.34. The molecule has 0 spiro atoms. The number of hydrogen-bond donors (Lipinski definition) is 1. The van der Waals surface area contributed by atoms with Crippen molar-refractivity contribution in [2.75, 3.05) is 12.4 Å². The lowest BCUT2D eigenvalue weighted by molar-refractivity contribution is -0.121. The van der Waals surface area contributed by atoms with E-state index < -0.39 is 5.97 Å². The number of phenolic OH excluding ortho intramolecular Hbond substituents is 1. The first-order valence-corrected chi connectivity index (χ1v) is 14.2. The van der Waals surface area contributed by atoms with Crippen LogP contribution in [-0.4, -0.2) is 34.0 Å². The number of aromatic hydroxyl groups is 1. The maximum Gasteiger partial charge on any atom is 0.341 e. The van der Waals surface area contributed by atoms with E-state index in [4.69, 9.17) is 4.74 Å². The highest BCUT2D eigenvalue weighted by molar-refractivity contribution is 8.01. The van der Waals surface area contributed by atoms with E-state index in [-0.39, 0.29) is 28.5 Å². The number of phenols is 1. The molecule has 1 rings (SSSR count). The highest BCUT2D eigenvalue weighted by Gasteiger charge is 2.34. The van der Waals surface area contributed by atoms with Crippen molar-refractivity contribution >= 4 is 23.5 Å². The van der Waals surface area contributed by atoms with Crippen LogP contribution in [0.3, 0.4) is 0 Å². The van der Waals surface area contributed by atoms with Gasteiger partial charge in [0, 0.05) is 6.42 Å². The van der Waals surface area contributed by atoms with Gasteiger partial charge >= 0.3 is 5.97 Å². The number of para-hydroxylation sites is 1. The third-order valence-electron chi connectivity index (χ3n) is 5.94. The molecule has 0 aliphatic rings. The minimum Gasteiger partial charge on any atom is -0.507 e. The molecule has 1 aromatic rings. The fourth-order valence-corrected chi connectivity index (χ4v) is 5.01. The van der Waals surface area contributed by atoms with E-state index in [1.807, 2.05) is 0 Å². The Kier molecular flexibility index (Phi) is 17.2. The average Bonchev–Trinajstić information content (AvgIpc) is 2.89. The molecule has 5 heteroatoms. The van der Waals surface area contributed by atoms with Gasteiger partial charge in [0.2, 0.25) is 0 Å². The van der Waals surface area contributed by atoms with Gasteiger partial charge in [-0.3, -0.25) is 4.79 Å². The molecule has 0 saturated carbocycles. The van der Waals surface area contributed by atoms with Crippen LogP contribution in [0.25, 0.3) is 0 Å². The van der Waals surface area contributed by atoms with Gasteiger partial charge in [-0.25, -0.2) is 4.79 Å². The molecule has 0 aliphatic carbocycles. The fourth-order valence-electron chi connectivity index (χ4n) is 3.70. The number of carbonyl (C=O) groups excluding carboxylic acids is 2. The number of carbonyl (C=O) groups is 2. The molecule has 0 fully saturated rings. The topological polar surface area (TPSA) is 63.6 Å². The smallest absolute Gasteiger partial charge is 0.341 e. The number of hydrogen-bond acceptors (Lipinski definition) is 5. The Hall–Kier alpha value is -2.53. The molecule has 0 bridgehead atoms. The lowest BCUT2D eigenvalue weighted by Gasteiger charge is -2.29. The molecule has 36 heavy (non-hydrogen) atoms. The van der Waals surface area contributed by atoms with Gasteiger partial charge in [-0.1, -0.05) is 81.5 Å². The minimum absolute atomic E-state index is 0.0979. The molecule has 0 unspecified atom stereocenters.